The minimum absolute atomic E-state index is 0.571. The Morgan fingerprint density at radius 3 is 2.17 bits per heavy atom. The molecule has 1 aliphatic carbocycles. The maximum absolute atomic E-state index is 10.8. The van der Waals surface area contributed by atoms with E-state index in [1.165, 1.54) is 37.7 Å². The van der Waals surface area contributed by atoms with E-state index in [-0.39, 0.29) is 0 Å². The van der Waals surface area contributed by atoms with Crippen LogP contribution in [0.2, 0.25) is 0 Å². The molecule has 0 amide bonds. The summed E-state index contributed by atoms with van der Waals surface area (Å²) in [6.45, 7) is 4.08. The van der Waals surface area contributed by atoms with Gasteiger partial charge in [0.25, 0.3) is 0 Å². The predicted octanol–water partition coefficient (Wildman–Crippen LogP) is 3.10. The zero-order valence-corrected chi connectivity index (χ0v) is 8.10. The van der Waals surface area contributed by atoms with Gasteiger partial charge in [-0.25, -0.2) is 0 Å². The van der Waals surface area contributed by atoms with Gasteiger partial charge in [0.1, 0.15) is 6.29 Å². The number of aldehydes is 1. The van der Waals surface area contributed by atoms with Crippen molar-refractivity contribution in [3.8, 4) is 0 Å². The zero-order chi connectivity index (χ0) is 8.97. The Bertz CT molecular complexity index is 181. The lowest BCUT2D eigenvalue weighted by molar-refractivity contribution is -0.105. The van der Waals surface area contributed by atoms with Crippen LogP contribution in [0.5, 0.6) is 0 Å². The van der Waals surface area contributed by atoms with Crippen LogP contribution >= 0.6 is 0 Å². The number of carbonyl (C=O) groups excluding carboxylic acids is 1. The number of hydrogen-bond donors (Lipinski definition) is 0. The van der Waals surface area contributed by atoms with Crippen LogP contribution in [0.4, 0.5) is 0 Å². The monoisotopic (exact) mass is 166 g/mol. The Morgan fingerprint density at radius 2 is 1.75 bits per heavy atom. The highest BCUT2D eigenvalue weighted by molar-refractivity contribution is 5.75. The number of hydrogen-bond acceptors (Lipinski definition) is 1. The van der Waals surface area contributed by atoms with Gasteiger partial charge >= 0.3 is 0 Å². The predicted molar refractivity (Wildman–Crippen MR) is 51.0 cm³/mol. The zero-order valence-electron chi connectivity index (χ0n) is 8.10. The molecular formula is C11H18O. The van der Waals surface area contributed by atoms with Gasteiger partial charge in [-0.2, -0.15) is 0 Å². The molecule has 0 bridgehead atoms. The molecule has 0 aromatic carbocycles. The van der Waals surface area contributed by atoms with E-state index in [1.807, 2.05) is 13.8 Å². The van der Waals surface area contributed by atoms with E-state index in [9.17, 15) is 4.79 Å². The molecule has 0 N–H and O–H groups in total. The fourth-order valence-corrected chi connectivity index (χ4v) is 2.04. The van der Waals surface area contributed by atoms with Crippen LogP contribution in [0, 0.1) is 5.92 Å². The van der Waals surface area contributed by atoms with Gasteiger partial charge in [-0.1, -0.05) is 24.8 Å². The van der Waals surface area contributed by atoms with Crippen LogP contribution in [-0.4, -0.2) is 6.29 Å². The van der Waals surface area contributed by atoms with Crippen molar-refractivity contribution in [3.05, 3.63) is 11.1 Å². The molecule has 68 valence electrons. The Balaban J connectivity index is 2.65. The molecule has 1 fully saturated rings. The molecule has 1 rings (SSSR count). The number of carbonyl (C=O) groups is 1. The van der Waals surface area contributed by atoms with Gasteiger partial charge in [0.15, 0.2) is 0 Å². The van der Waals surface area contributed by atoms with E-state index in [2.05, 4.69) is 0 Å². The molecule has 1 nitrogen and oxygen atoms in total. The Labute approximate surface area is 74.9 Å². The van der Waals surface area contributed by atoms with Crippen LogP contribution in [0.25, 0.3) is 0 Å². The summed E-state index contributed by atoms with van der Waals surface area (Å²) in [4.78, 5) is 10.8. The Morgan fingerprint density at radius 1 is 1.17 bits per heavy atom. The van der Waals surface area contributed by atoms with Gasteiger partial charge in [-0.15, -0.1) is 0 Å². The summed E-state index contributed by atoms with van der Waals surface area (Å²) in [5.41, 5.74) is 2.27. The highest BCUT2D eigenvalue weighted by Gasteiger charge is 2.17. The van der Waals surface area contributed by atoms with Gasteiger partial charge in [-0.3, -0.25) is 4.79 Å². The molecular weight excluding hydrogens is 148 g/mol. The summed E-state index contributed by atoms with van der Waals surface area (Å²) in [5, 5.41) is 0. The second-order valence-electron chi connectivity index (χ2n) is 3.91. The fourth-order valence-electron chi connectivity index (χ4n) is 2.04. The van der Waals surface area contributed by atoms with Crippen LogP contribution in [0.1, 0.15) is 46.0 Å². The Hall–Kier alpha value is -0.590. The van der Waals surface area contributed by atoms with E-state index >= 15 is 0 Å². The van der Waals surface area contributed by atoms with Crippen molar-refractivity contribution in [2.45, 2.75) is 46.0 Å². The van der Waals surface area contributed by atoms with Crippen LogP contribution in [0.3, 0.4) is 0 Å². The van der Waals surface area contributed by atoms with E-state index < -0.39 is 0 Å². The van der Waals surface area contributed by atoms with Crippen molar-refractivity contribution in [2.24, 2.45) is 5.92 Å². The normalized spacial score (nSPS) is 18.8. The van der Waals surface area contributed by atoms with Gasteiger partial charge < -0.3 is 0 Å². The quantitative estimate of drug-likeness (QED) is 0.455. The van der Waals surface area contributed by atoms with Crippen molar-refractivity contribution in [2.75, 3.05) is 0 Å². The van der Waals surface area contributed by atoms with Crippen molar-refractivity contribution >= 4 is 6.29 Å². The largest absolute Gasteiger partial charge is 0.298 e. The molecule has 0 unspecified atom stereocenters. The van der Waals surface area contributed by atoms with Crippen LogP contribution in [0.15, 0.2) is 11.1 Å². The third-order valence-corrected chi connectivity index (χ3v) is 2.75. The maximum Gasteiger partial charge on any atom is 0.146 e. The summed E-state index contributed by atoms with van der Waals surface area (Å²) < 4.78 is 0. The molecule has 0 aromatic rings. The van der Waals surface area contributed by atoms with E-state index in [4.69, 9.17) is 0 Å². The molecule has 0 heterocycles. The lowest BCUT2D eigenvalue weighted by atomic mass is 9.83. The number of rotatable bonds is 2. The molecule has 0 spiro atoms. The number of allylic oxidation sites excluding steroid dienone is 2. The third-order valence-electron chi connectivity index (χ3n) is 2.75. The SMILES string of the molecule is CC(C)=C(C=O)C1CCCCC1. The minimum atomic E-state index is 0.571. The fraction of sp³-hybridized carbons (Fsp3) is 0.727. The molecule has 0 saturated heterocycles. The summed E-state index contributed by atoms with van der Waals surface area (Å²) in [7, 11) is 0. The van der Waals surface area contributed by atoms with Gasteiger partial charge in [-0.05, 0) is 38.2 Å². The summed E-state index contributed by atoms with van der Waals surface area (Å²) in [6.07, 6.45) is 7.46. The average Bonchev–Trinajstić information content (AvgIpc) is 2.07. The second-order valence-corrected chi connectivity index (χ2v) is 3.91. The first kappa shape index (κ1) is 9.50. The van der Waals surface area contributed by atoms with Gasteiger partial charge in [0.05, 0.1) is 0 Å². The lowest BCUT2D eigenvalue weighted by Crippen LogP contribution is -2.11. The third kappa shape index (κ3) is 2.20. The Kier molecular flexibility index (Phi) is 3.51. The molecule has 0 radical (unpaired) electrons. The van der Waals surface area contributed by atoms with Crippen LogP contribution in [-0.2, 0) is 4.79 Å². The molecule has 1 heteroatoms. The van der Waals surface area contributed by atoms with Crippen molar-refractivity contribution < 1.29 is 4.79 Å². The first-order chi connectivity index (χ1) is 5.75. The first-order valence-electron chi connectivity index (χ1n) is 4.88. The minimum Gasteiger partial charge on any atom is -0.298 e. The molecule has 0 aliphatic heterocycles. The summed E-state index contributed by atoms with van der Waals surface area (Å²) >= 11 is 0. The first-order valence-corrected chi connectivity index (χ1v) is 4.88. The topological polar surface area (TPSA) is 17.1 Å². The molecule has 1 aliphatic rings. The van der Waals surface area contributed by atoms with Crippen molar-refractivity contribution in [1.29, 1.82) is 0 Å². The summed E-state index contributed by atoms with van der Waals surface area (Å²) in [5.74, 6) is 0.571. The highest BCUT2D eigenvalue weighted by atomic mass is 16.1. The van der Waals surface area contributed by atoms with Gasteiger partial charge in [0, 0.05) is 0 Å². The second kappa shape index (κ2) is 4.44. The standard InChI is InChI=1S/C11H18O/c1-9(2)11(8-12)10-6-4-3-5-7-10/h8,10H,3-7H2,1-2H3. The van der Waals surface area contributed by atoms with E-state index in [0.29, 0.717) is 5.92 Å². The van der Waals surface area contributed by atoms with E-state index in [0.717, 1.165) is 11.9 Å². The molecule has 0 aromatic heterocycles. The maximum atomic E-state index is 10.8. The van der Waals surface area contributed by atoms with E-state index in [1.54, 1.807) is 0 Å². The lowest BCUT2D eigenvalue weighted by Gasteiger charge is -2.22. The summed E-state index contributed by atoms with van der Waals surface area (Å²) in [6, 6.07) is 0. The average molecular weight is 166 g/mol. The smallest absolute Gasteiger partial charge is 0.146 e. The highest BCUT2D eigenvalue weighted by Crippen LogP contribution is 2.30. The van der Waals surface area contributed by atoms with Crippen molar-refractivity contribution in [3.63, 3.8) is 0 Å². The van der Waals surface area contributed by atoms with Crippen molar-refractivity contribution in [1.82, 2.24) is 0 Å². The molecule has 12 heavy (non-hydrogen) atoms. The molecule has 1 saturated carbocycles. The molecule has 0 atom stereocenters. The van der Waals surface area contributed by atoms with Crippen LogP contribution < -0.4 is 0 Å². The van der Waals surface area contributed by atoms with Gasteiger partial charge in [0.2, 0.25) is 0 Å².